The maximum atomic E-state index is 13.0. The van der Waals surface area contributed by atoms with Gasteiger partial charge in [-0.15, -0.1) is 4.99 Å². The maximum absolute atomic E-state index is 13.0. The van der Waals surface area contributed by atoms with Gasteiger partial charge < -0.3 is 14.7 Å². The Morgan fingerprint density at radius 1 is 0.939 bits per heavy atom. The average molecular weight is 447 g/mol. The number of carbonyl (C=O) groups is 2. The van der Waals surface area contributed by atoms with Gasteiger partial charge in [0.1, 0.15) is 11.9 Å². The second-order valence-electron chi connectivity index (χ2n) is 9.57. The van der Waals surface area contributed by atoms with E-state index in [9.17, 15) is 14.7 Å². The average Bonchev–Trinajstić information content (AvgIpc) is 3.51. The van der Waals surface area contributed by atoms with Crippen molar-refractivity contribution in [3.8, 4) is 5.75 Å². The fourth-order valence-electron chi connectivity index (χ4n) is 5.87. The van der Waals surface area contributed by atoms with Crippen LogP contribution in [0.4, 0.5) is 0 Å². The molecule has 3 atom stereocenters. The molecular weight excluding hydrogens is 418 g/mol. The standard InChI is InChI=1S/C26H27N3O4/c30-24-11-10-22(25(31)27-24)29-15-18-12-19(8-9-20(18)26(29)32)33-23-7-3-6-21(23)28-13-16-4-1-2-5-17(16)14-28/h1-2,4-5,8-9,12,21-23H,3,6-7,10-11,13-15H2,(H,27,30,31)/p+1/t21-,22?,23+/m0/s1. The second kappa shape index (κ2) is 7.99. The van der Waals surface area contributed by atoms with Crippen molar-refractivity contribution in [3.05, 3.63) is 64.7 Å². The van der Waals surface area contributed by atoms with Crippen molar-refractivity contribution in [2.75, 3.05) is 0 Å². The molecule has 7 nitrogen and oxygen atoms in total. The van der Waals surface area contributed by atoms with E-state index in [0.29, 0.717) is 31.0 Å². The van der Waals surface area contributed by atoms with Crippen LogP contribution in [0, 0.1) is 0 Å². The number of benzene rings is 2. The van der Waals surface area contributed by atoms with Crippen molar-refractivity contribution in [3.63, 3.8) is 0 Å². The largest absolute Gasteiger partial charge is 0.489 e. The van der Waals surface area contributed by atoms with Crippen LogP contribution in [0.15, 0.2) is 42.5 Å². The monoisotopic (exact) mass is 446 g/mol. The van der Waals surface area contributed by atoms with E-state index in [1.165, 1.54) is 11.1 Å². The summed E-state index contributed by atoms with van der Waals surface area (Å²) in [6.45, 7) is 2.37. The van der Waals surface area contributed by atoms with Crippen LogP contribution in [-0.2, 0) is 24.4 Å². The first-order valence-electron chi connectivity index (χ1n) is 11.8. The Kier molecular flexibility index (Phi) is 4.94. The lowest BCUT2D eigenvalue weighted by Gasteiger charge is -2.29. The minimum atomic E-state index is -0.483. The lowest BCUT2D eigenvalue weighted by atomic mass is 10.1. The van der Waals surface area contributed by atoms with Crippen molar-refractivity contribution in [2.24, 2.45) is 0 Å². The summed E-state index contributed by atoms with van der Waals surface area (Å²) >= 11 is 0. The maximum Gasteiger partial charge on any atom is 0.388 e. The molecule has 1 aliphatic carbocycles. The number of hydrogen-bond acceptors (Lipinski definition) is 4. The smallest absolute Gasteiger partial charge is 0.388 e. The van der Waals surface area contributed by atoms with Crippen LogP contribution in [0.3, 0.4) is 0 Å². The summed E-state index contributed by atoms with van der Waals surface area (Å²) in [7, 11) is 0. The van der Waals surface area contributed by atoms with E-state index >= 15 is 0 Å². The molecule has 1 fully saturated rings. The molecule has 1 saturated carbocycles. The molecule has 1 unspecified atom stereocenters. The highest BCUT2D eigenvalue weighted by Crippen LogP contribution is 2.35. The first kappa shape index (κ1) is 20.4. The summed E-state index contributed by atoms with van der Waals surface area (Å²) in [5, 5.41) is 10.2. The predicted octanol–water partition coefficient (Wildman–Crippen LogP) is 1.68. The molecule has 170 valence electrons. The second-order valence-corrected chi connectivity index (χ2v) is 9.57. The molecule has 7 heteroatoms. The first-order valence-corrected chi connectivity index (χ1v) is 11.8. The number of amides is 2. The van der Waals surface area contributed by atoms with Crippen LogP contribution < -0.4 is 9.73 Å². The van der Waals surface area contributed by atoms with E-state index in [1.807, 2.05) is 18.2 Å². The molecule has 0 radical (unpaired) electrons. The molecule has 0 saturated heterocycles. The summed E-state index contributed by atoms with van der Waals surface area (Å²) in [4.78, 5) is 31.1. The predicted molar refractivity (Wildman–Crippen MR) is 121 cm³/mol. The molecule has 3 heterocycles. The molecule has 2 aromatic carbocycles. The molecule has 0 bridgehead atoms. The normalized spacial score (nSPS) is 27.0. The number of aliphatic hydroxyl groups is 1. The molecule has 3 aliphatic heterocycles. The fraction of sp³-hybridized carbons (Fsp3) is 0.423. The zero-order chi connectivity index (χ0) is 22.5. The lowest BCUT2D eigenvalue weighted by molar-refractivity contribution is -0.394. The number of nitrogens with one attached hydrogen (secondary N) is 1. The van der Waals surface area contributed by atoms with Crippen LogP contribution >= 0.6 is 0 Å². The van der Waals surface area contributed by atoms with Crippen LogP contribution in [0.5, 0.6) is 5.75 Å². The van der Waals surface area contributed by atoms with Crippen LogP contribution in [-0.4, -0.2) is 50.8 Å². The zero-order valence-corrected chi connectivity index (χ0v) is 18.5. The number of carbonyl (C=O) groups excluding carboxylic acids is 2. The van der Waals surface area contributed by atoms with E-state index < -0.39 is 6.04 Å². The molecular formula is C26H28N3O4+. The minimum absolute atomic E-state index is 0.113. The number of fused-ring (bicyclic) bond motifs is 2. The van der Waals surface area contributed by atoms with Gasteiger partial charge >= 0.3 is 11.8 Å². The summed E-state index contributed by atoms with van der Waals surface area (Å²) in [6, 6.07) is 14.3. The Labute approximate surface area is 192 Å². The molecule has 2 aromatic rings. The summed E-state index contributed by atoms with van der Waals surface area (Å²) in [5.41, 5.74) is 4.38. The van der Waals surface area contributed by atoms with Gasteiger partial charge in [0.2, 0.25) is 0 Å². The third kappa shape index (κ3) is 3.60. The van der Waals surface area contributed by atoms with Gasteiger partial charge in [0.25, 0.3) is 5.91 Å². The third-order valence-electron chi connectivity index (χ3n) is 7.55. The van der Waals surface area contributed by atoms with Crippen molar-refractivity contribution in [1.29, 1.82) is 0 Å². The van der Waals surface area contributed by atoms with Crippen molar-refractivity contribution in [2.45, 2.75) is 69.9 Å². The van der Waals surface area contributed by atoms with Gasteiger partial charge in [0.15, 0.2) is 6.04 Å². The minimum Gasteiger partial charge on any atom is -0.489 e. The van der Waals surface area contributed by atoms with Gasteiger partial charge in [0.05, 0.1) is 6.42 Å². The van der Waals surface area contributed by atoms with Crippen LogP contribution in [0.2, 0.25) is 0 Å². The van der Waals surface area contributed by atoms with Gasteiger partial charge in [-0.25, -0.2) is 4.79 Å². The van der Waals surface area contributed by atoms with Gasteiger partial charge in [-0.05, 0) is 60.6 Å². The Bertz CT molecular complexity index is 1130. The fourth-order valence-corrected chi connectivity index (χ4v) is 5.87. The Balaban J connectivity index is 1.16. The molecule has 0 aromatic heterocycles. The van der Waals surface area contributed by atoms with E-state index in [4.69, 9.17) is 4.74 Å². The molecule has 33 heavy (non-hydrogen) atoms. The van der Waals surface area contributed by atoms with E-state index in [1.54, 1.807) is 4.90 Å². The molecule has 2 N–H and O–H groups in total. The quantitative estimate of drug-likeness (QED) is 0.747. The van der Waals surface area contributed by atoms with Crippen molar-refractivity contribution >= 4 is 17.7 Å². The van der Waals surface area contributed by atoms with Gasteiger partial charge in [-0.2, -0.15) is 0 Å². The van der Waals surface area contributed by atoms with Crippen LogP contribution in [0.1, 0.15) is 59.2 Å². The number of rotatable bonds is 4. The molecule has 6 rings (SSSR count). The summed E-state index contributed by atoms with van der Waals surface area (Å²) < 4.78 is 6.49. The van der Waals surface area contributed by atoms with Crippen molar-refractivity contribution in [1.82, 2.24) is 9.80 Å². The first-order chi connectivity index (χ1) is 16.1. The molecule has 4 aliphatic rings. The third-order valence-corrected chi connectivity index (χ3v) is 7.55. The Morgan fingerprint density at radius 2 is 1.73 bits per heavy atom. The Morgan fingerprint density at radius 3 is 2.48 bits per heavy atom. The number of aliphatic hydroxyl groups excluding tert-OH is 1. The lowest BCUT2D eigenvalue weighted by Crippen LogP contribution is -2.82. The number of ether oxygens (including phenoxy) is 1. The number of nitrogens with zero attached hydrogens (tertiary/aromatic N) is 2. The van der Waals surface area contributed by atoms with E-state index in [-0.39, 0.29) is 23.8 Å². The van der Waals surface area contributed by atoms with Gasteiger partial charge in [0, 0.05) is 31.2 Å². The SMILES string of the molecule is O=C1CCC(N2Cc3cc(O[C@@H]4CCC[C@@H]4N4Cc5ccccc5C4)ccc3C2=O)C(O)=[NH+]1. The number of hydrogen-bond donors (Lipinski definition) is 2. The molecule has 0 spiro atoms. The zero-order valence-electron chi connectivity index (χ0n) is 18.5. The van der Waals surface area contributed by atoms with Crippen molar-refractivity contribution < 1.29 is 24.4 Å². The highest BCUT2D eigenvalue weighted by molar-refractivity contribution is 6.01. The summed E-state index contributed by atoms with van der Waals surface area (Å²) in [6.07, 6.45) is 4.19. The van der Waals surface area contributed by atoms with E-state index in [0.717, 1.165) is 43.7 Å². The van der Waals surface area contributed by atoms with E-state index in [2.05, 4.69) is 34.2 Å². The summed E-state index contributed by atoms with van der Waals surface area (Å²) in [5.74, 6) is 0.333. The Hall–Kier alpha value is -3.19. The van der Waals surface area contributed by atoms with Crippen LogP contribution in [0.25, 0.3) is 0 Å². The topological polar surface area (TPSA) is 84.0 Å². The highest BCUT2D eigenvalue weighted by Gasteiger charge is 2.41. The van der Waals surface area contributed by atoms with Gasteiger partial charge in [-0.1, -0.05) is 24.3 Å². The molecule has 2 amide bonds. The van der Waals surface area contributed by atoms with Gasteiger partial charge in [-0.3, -0.25) is 9.69 Å². The highest BCUT2D eigenvalue weighted by atomic mass is 16.5.